The van der Waals surface area contributed by atoms with E-state index in [4.69, 9.17) is 0 Å². The van der Waals surface area contributed by atoms with Crippen molar-refractivity contribution in [3.63, 3.8) is 0 Å². The third kappa shape index (κ3) is 4.58. The Morgan fingerprint density at radius 1 is 1.24 bits per heavy atom. The van der Waals surface area contributed by atoms with Crippen LogP contribution in [0.3, 0.4) is 0 Å². The average Bonchev–Trinajstić information content (AvgIpc) is 2.80. The van der Waals surface area contributed by atoms with Crippen LogP contribution in [0, 0.1) is 12.8 Å². The van der Waals surface area contributed by atoms with Gasteiger partial charge in [0.2, 0.25) is 17.7 Å². The molecule has 0 unspecified atom stereocenters. The second kappa shape index (κ2) is 8.13. The summed E-state index contributed by atoms with van der Waals surface area (Å²) in [5.74, 6) is -0.619. The summed E-state index contributed by atoms with van der Waals surface area (Å²) in [6.45, 7) is 5.07. The summed E-state index contributed by atoms with van der Waals surface area (Å²) in [4.78, 5) is 39.8. The van der Waals surface area contributed by atoms with Crippen molar-refractivity contribution in [2.24, 2.45) is 13.0 Å². The highest BCUT2D eigenvalue weighted by atomic mass is 16.2. The van der Waals surface area contributed by atoms with Gasteiger partial charge in [0.05, 0.1) is 12.1 Å². The minimum atomic E-state index is -0.402. The van der Waals surface area contributed by atoms with Crippen LogP contribution >= 0.6 is 0 Å². The zero-order chi connectivity index (χ0) is 18.6. The fourth-order valence-corrected chi connectivity index (χ4v) is 3.09. The Balaban J connectivity index is 2.03. The molecule has 1 fully saturated rings. The Bertz CT molecular complexity index is 655. The minimum absolute atomic E-state index is 0.00237. The van der Waals surface area contributed by atoms with Crippen molar-refractivity contribution in [1.82, 2.24) is 24.9 Å². The number of hydrogen-bond donors (Lipinski definition) is 1. The maximum Gasteiger partial charge on any atom is 0.226 e. The lowest BCUT2D eigenvalue weighted by atomic mass is 10.1. The molecule has 1 aromatic rings. The summed E-state index contributed by atoms with van der Waals surface area (Å²) in [7, 11) is 3.45. The smallest absolute Gasteiger partial charge is 0.226 e. The largest absolute Gasteiger partial charge is 0.359 e. The predicted molar refractivity (Wildman–Crippen MR) is 92.7 cm³/mol. The van der Waals surface area contributed by atoms with Crippen molar-refractivity contribution in [2.45, 2.75) is 26.7 Å². The molecule has 3 amide bonds. The number of rotatable bonds is 4. The van der Waals surface area contributed by atoms with Gasteiger partial charge in [0.1, 0.15) is 0 Å². The third-order valence-electron chi connectivity index (χ3n) is 4.88. The van der Waals surface area contributed by atoms with Crippen LogP contribution in [0.2, 0.25) is 0 Å². The van der Waals surface area contributed by atoms with E-state index in [1.807, 2.05) is 14.0 Å². The van der Waals surface area contributed by atoms with Crippen molar-refractivity contribution < 1.29 is 14.4 Å². The molecule has 0 radical (unpaired) electrons. The molecule has 8 nitrogen and oxygen atoms in total. The molecule has 2 heterocycles. The molecule has 1 atom stereocenters. The number of nitrogens with zero attached hydrogens (tertiary/aromatic N) is 4. The molecule has 1 aliphatic rings. The summed E-state index contributed by atoms with van der Waals surface area (Å²) in [5.41, 5.74) is 2.11. The average molecular weight is 349 g/mol. The lowest BCUT2D eigenvalue weighted by Gasteiger charge is -2.23. The van der Waals surface area contributed by atoms with E-state index in [0.717, 1.165) is 11.3 Å². The van der Waals surface area contributed by atoms with Crippen LogP contribution in [-0.2, 0) is 27.9 Å². The number of aromatic nitrogens is 2. The highest BCUT2D eigenvalue weighted by Gasteiger charge is 2.30. The van der Waals surface area contributed by atoms with Crippen LogP contribution in [0.1, 0.15) is 24.6 Å². The Hall–Kier alpha value is -2.38. The number of hydrogen-bond acceptors (Lipinski definition) is 4. The first kappa shape index (κ1) is 19.0. The number of aryl methyl sites for hydroxylation is 2. The molecular weight excluding hydrogens is 322 g/mol. The van der Waals surface area contributed by atoms with E-state index in [2.05, 4.69) is 10.4 Å². The maximum atomic E-state index is 12.6. The summed E-state index contributed by atoms with van der Waals surface area (Å²) in [6.07, 6.45) is 2.78. The van der Waals surface area contributed by atoms with Gasteiger partial charge in [0, 0.05) is 59.3 Å². The monoisotopic (exact) mass is 349 g/mol. The molecule has 0 aliphatic carbocycles. The molecule has 2 rings (SSSR count). The lowest BCUT2D eigenvalue weighted by molar-refractivity contribution is -0.133. The number of amides is 3. The standard InChI is InChI=1S/C17H27N5O3/c1-12-14(9-19-20(12)4)5-6-16(24)22-8-7-21(13(2)23)10-15(11-22)17(25)18-3/h9,15H,5-8,10-11H2,1-4H3,(H,18,25)/t15-/m0/s1. The van der Waals surface area contributed by atoms with Crippen LogP contribution in [0.5, 0.6) is 0 Å². The molecule has 0 aromatic carbocycles. The van der Waals surface area contributed by atoms with Crippen LogP contribution in [0.4, 0.5) is 0 Å². The van der Waals surface area contributed by atoms with E-state index in [-0.39, 0.29) is 17.7 Å². The van der Waals surface area contributed by atoms with E-state index >= 15 is 0 Å². The van der Waals surface area contributed by atoms with Gasteiger partial charge in [-0.1, -0.05) is 0 Å². The van der Waals surface area contributed by atoms with Gasteiger partial charge in [-0.05, 0) is 18.9 Å². The number of carbonyl (C=O) groups excluding carboxylic acids is 3. The van der Waals surface area contributed by atoms with Crippen molar-refractivity contribution in [1.29, 1.82) is 0 Å². The molecule has 8 heteroatoms. The molecule has 1 aromatic heterocycles. The summed E-state index contributed by atoms with van der Waals surface area (Å²) in [6, 6.07) is 0. The topological polar surface area (TPSA) is 87.5 Å². The predicted octanol–water partition coefficient (Wildman–Crippen LogP) is -0.286. The van der Waals surface area contributed by atoms with E-state index in [9.17, 15) is 14.4 Å². The zero-order valence-electron chi connectivity index (χ0n) is 15.4. The van der Waals surface area contributed by atoms with Crippen molar-refractivity contribution in [2.75, 3.05) is 33.2 Å². The van der Waals surface area contributed by atoms with Crippen LogP contribution < -0.4 is 5.32 Å². The van der Waals surface area contributed by atoms with E-state index < -0.39 is 5.92 Å². The van der Waals surface area contributed by atoms with Gasteiger partial charge in [-0.3, -0.25) is 19.1 Å². The molecule has 1 N–H and O–H groups in total. The first-order valence-corrected chi connectivity index (χ1v) is 8.55. The molecule has 25 heavy (non-hydrogen) atoms. The second-order valence-electron chi connectivity index (χ2n) is 6.49. The normalized spacial score (nSPS) is 18.0. The Morgan fingerprint density at radius 3 is 2.44 bits per heavy atom. The summed E-state index contributed by atoms with van der Waals surface area (Å²) < 4.78 is 1.79. The van der Waals surface area contributed by atoms with Crippen molar-refractivity contribution >= 4 is 17.7 Å². The molecule has 0 bridgehead atoms. The Labute approximate surface area is 148 Å². The molecule has 1 aliphatic heterocycles. The van der Waals surface area contributed by atoms with E-state index in [1.54, 1.807) is 27.7 Å². The fourth-order valence-electron chi connectivity index (χ4n) is 3.09. The Kier molecular flexibility index (Phi) is 6.17. The van der Waals surface area contributed by atoms with E-state index in [1.165, 1.54) is 6.92 Å². The lowest BCUT2D eigenvalue weighted by Crippen LogP contribution is -2.42. The molecule has 138 valence electrons. The quantitative estimate of drug-likeness (QED) is 0.809. The molecule has 1 saturated heterocycles. The van der Waals surface area contributed by atoms with E-state index in [0.29, 0.717) is 39.0 Å². The zero-order valence-corrected chi connectivity index (χ0v) is 15.4. The van der Waals surface area contributed by atoms with Gasteiger partial charge < -0.3 is 15.1 Å². The fraction of sp³-hybridized carbons (Fsp3) is 0.647. The Morgan fingerprint density at radius 2 is 1.88 bits per heavy atom. The van der Waals surface area contributed by atoms with Crippen molar-refractivity contribution in [3.05, 3.63) is 17.5 Å². The van der Waals surface area contributed by atoms with Gasteiger partial charge >= 0.3 is 0 Å². The first-order chi connectivity index (χ1) is 11.8. The van der Waals surface area contributed by atoms with Crippen LogP contribution in [0.15, 0.2) is 6.20 Å². The van der Waals surface area contributed by atoms with Crippen molar-refractivity contribution in [3.8, 4) is 0 Å². The number of nitrogens with one attached hydrogen (secondary N) is 1. The highest BCUT2D eigenvalue weighted by molar-refractivity contribution is 5.82. The van der Waals surface area contributed by atoms with Gasteiger partial charge in [-0.2, -0.15) is 5.10 Å². The van der Waals surface area contributed by atoms with Gasteiger partial charge in [0.15, 0.2) is 0 Å². The molecular formula is C17H27N5O3. The van der Waals surface area contributed by atoms with Gasteiger partial charge in [0.25, 0.3) is 0 Å². The second-order valence-corrected chi connectivity index (χ2v) is 6.49. The van der Waals surface area contributed by atoms with Crippen LogP contribution in [0.25, 0.3) is 0 Å². The van der Waals surface area contributed by atoms with Gasteiger partial charge in [-0.15, -0.1) is 0 Å². The molecule has 0 spiro atoms. The summed E-state index contributed by atoms with van der Waals surface area (Å²) >= 11 is 0. The highest BCUT2D eigenvalue weighted by Crippen LogP contribution is 2.14. The first-order valence-electron chi connectivity index (χ1n) is 8.55. The van der Waals surface area contributed by atoms with Gasteiger partial charge in [-0.25, -0.2) is 0 Å². The van der Waals surface area contributed by atoms with Crippen LogP contribution in [-0.4, -0.2) is 70.5 Å². The number of carbonyl (C=O) groups is 3. The minimum Gasteiger partial charge on any atom is -0.359 e. The maximum absolute atomic E-state index is 12.6. The third-order valence-corrected chi connectivity index (χ3v) is 4.88. The summed E-state index contributed by atoms with van der Waals surface area (Å²) in [5, 5.41) is 6.82. The molecule has 0 saturated carbocycles. The SMILES string of the molecule is CNC(=O)[C@H]1CN(C(C)=O)CCN(C(=O)CCc2cnn(C)c2C)C1.